The normalized spacial score (nSPS) is 17.7. The third-order valence-electron chi connectivity index (χ3n) is 5.62. The Labute approximate surface area is 167 Å². The quantitative estimate of drug-likeness (QED) is 0.820. The summed E-state index contributed by atoms with van der Waals surface area (Å²) in [5.41, 5.74) is 2.90. The monoisotopic (exact) mass is 379 g/mol. The molecule has 1 aromatic heterocycles. The Balaban J connectivity index is 1.43. The van der Waals surface area contributed by atoms with Gasteiger partial charge in [-0.3, -0.25) is 4.79 Å². The van der Waals surface area contributed by atoms with Crippen molar-refractivity contribution >= 4 is 17.7 Å². The maximum Gasteiger partial charge on any atom is 0.253 e. The number of aryl methyl sites for hydroxylation is 2. The van der Waals surface area contributed by atoms with E-state index in [0.717, 1.165) is 67.9 Å². The Bertz CT molecular complexity index is 839. The average Bonchev–Trinajstić information content (AvgIpc) is 2.73. The molecule has 0 atom stereocenters. The van der Waals surface area contributed by atoms with Crippen molar-refractivity contribution in [2.24, 2.45) is 0 Å². The number of piperidine rings is 1. The van der Waals surface area contributed by atoms with Gasteiger partial charge in [-0.05, 0) is 45.2 Å². The fraction of sp³-hybridized carbons (Fsp3) is 0.500. The van der Waals surface area contributed by atoms with E-state index in [9.17, 15) is 4.79 Å². The van der Waals surface area contributed by atoms with Crippen LogP contribution in [0.25, 0.3) is 0 Å². The third-order valence-corrected chi connectivity index (χ3v) is 5.62. The van der Waals surface area contributed by atoms with Gasteiger partial charge in [-0.2, -0.15) is 4.98 Å². The van der Waals surface area contributed by atoms with Crippen molar-refractivity contribution in [1.82, 2.24) is 14.9 Å². The van der Waals surface area contributed by atoms with E-state index in [-0.39, 0.29) is 5.91 Å². The van der Waals surface area contributed by atoms with Crippen molar-refractivity contribution in [2.45, 2.75) is 33.1 Å². The summed E-state index contributed by atoms with van der Waals surface area (Å²) in [5, 5.41) is 0. The molecule has 1 amide bonds. The van der Waals surface area contributed by atoms with Crippen molar-refractivity contribution in [3.63, 3.8) is 0 Å². The molecule has 148 valence electrons. The molecule has 3 heterocycles. The number of nitrogens with zero attached hydrogens (tertiary/aromatic N) is 5. The zero-order valence-corrected chi connectivity index (χ0v) is 16.9. The molecular weight excluding hydrogens is 350 g/mol. The molecular formula is C22H29N5O. The summed E-state index contributed by atoms with van der Waals surface area (Å²) in [5.74, 6) is 1.96. The third kappa shape index (κ3) is 4.11. The summed E-state index contributed by atoms with van der Waals surface area (Å²) in [4.78, 5) is 28.8. The minimum absolute atomic E-state index is 0.122. The molecule has 2 saturated heterocycles. The van der Waals surface area contributed by atoms with Gasteiger partial charge in [0.15, 0.2) is 0 Å². The number of hydrogen-bond acceptors (Lipinski definition) is 5. The van der Waals surface area contributed by atoms with Crippen molar-refractivity contribution in [3.05, 3.63) is 47.2 Å². The van der Waals surface area contributed by atoms with Crippen LogP contribution in [-0.2, 0) is 0 Å². The Hall–Kier alpha value is -2.63. The zero-order valence-electron chi connectivity index (χ0n) is 16.9. The Kier molecular flexibility index (Phi) is 5.46. The standard InChI is InChI=1S/C22H29N5O/c1-17-7-6-8-19(15-17)21(28)26-13-11-25(12-14-26)20-16-18(2)23-22(24-20)27-9-4-3-5-10-27/h6-8,15-16H,3-5,9-14H2,1-2H3. The predicted molar refractivity (Wildman–Crippen MR) is 112 cm³/mol. The molecule has 1 aromatic carbocycles. The second-order valence-corrected chi connectivity index (χ2v) is 7.86. The number of anilines is 2. The number of amides is 1. The van der Waals surface area contributed by atoms with Crippen LogP contribution in [0.4, 0.5) is 11.8 Å². The Morgan fingerprint density at radius 3 is 2.32 bits per heavy atom. The summed E-state index contributed by atoms with van der Waals surface area (Å²) in [6.45, 7) is 9.18. The van der Waals surface area contributed by atoms with Crippen LogP contribution in [0, 0.1) is 13.8 Å². The van der Waals surface area contributed by atoms with Crippen LogP contribution in [-0.4, -0.2) is 60.0 Å². The first kappa shape index (κ1) is 18.7. The van der Waals surface area contributed by atoms with Gasteiger partial charge in [0.25, 0.3) is 5.91 Å². The van der Waals surface area contributed by atoms with E-state index in [1.54, 1.807) is 0 Å². The molecule has 6 nitrogen and oxygen atoms in total. The molecule has 28 heavy (non-hydrogen) atoms. The molecule has 0 radical (unpaired) electrons. The molecule has 6 heteroatoms. The van der Waals surface area contributed by atoms with Gasteiger partial charge in [-0.25, -0.2) is 4.98 Å². The fourth-order valence-electron chi connectivity index (χ4n) is 4.03. The number of hydrogen-bond donors (Lipinski definition) is 0. The van der Waals surface area contributed by atoms with Crippen LogP contribution in [0.15, 0.2) is 30.3 Å². The topological polar surface area (TPSA) is 52.6 Å². The van der Waals surface area contributed by atoms with E-state index in [4.69, 9.17) is 4.98 Å². The lowest BCUT2D eigenvalue weighted by molar-refractivity contribution is 0.0746. The van der Waals surface area contributed by atoms with Crippen LogP contribution in [0.3, 0.4) is 0 Å². The van der Waals surface area contributed by atoms with Crippen molar-refractivity contribution in [3.8, 4) is 0 Å². The first-order chi connectivity index (χ1) is 13.6. The molecule has 0 unspecified atom stereocenters. The summed E-state index contributed by atoms with van der Waals surface area (Å²) >= 11 is 0. The lowest BCUT2D eigenvalue weighted by Gasteiger charge is -2.36. The lowest BCUT2D eigenvalue weighted by Crippen LogP contribution is -2.49. The van der Waals surface area contributed by atoms with Crippen molar-refractivity contribution in [2.75, 3.05) is 49.1 Å². The molecule has 0 spiro atoms. The molecule has 0 aliphatic carbocycles. The van der Waals surface area contributed by atoms with Crippen LogP contribution >= 0.6 is 0 Å². The molecule has 0 bridgehead atoms. The minimum Gasteiger partial charge on any atom is -0.353 e. The number of aromatic nitrogens is 2. The second-order valence-electron chi connectivity index (χ2n) is 7.86. The maximum absolute atomic E-state index is 12.8. The highest BCUT2D eigenvalue weighted by Crippen LogP contribution is 2.22. The van der Waals surface area contributed by atoms with Gasteiger partial charge < -0.3 is 14.7 Å². The van der Waals surface area contributed by atoms with E-state index in [2.05, 4.69) is 20.9 Å². The van der Waals surface area contributed by atoms with Crippen LogP contribution in [0.2, 0.25) is 0 Å². The SMILES string of the molecule is Cc1cccc(C(=O)N2CCN(c3cc(C)nc(N4CCCCC4)n3)CC2)c1. The van der Waals surface area contributed by atoms with Gasteiger partial charge in [0.05, 0.1) is 0 Å². The van der Waals surface area contributed by atoms with E-state index in [1.807, 2.05) is 43.0 Å². The molecule has 0 N–H and O–H groups in total. The first-order valence-electron chi connectivity index (χ1n) is 10.3. The van der Waals surface area contributed by atoms with Crippen LogP contribution in [0.1, 0.15) is 40.9 Å². The van der Waals surface area contributed by atoms with Gasteiger partial charge >= 0.3 is 0 Å². The number of benzene rings is 1. The minimum atomic E-state index is 0.122. The summed E-state index contributed by atoms with van der Waals surface area (Å²) in [6.07, 6.45) is 3.73. The number of carbonyl (C=O) groups excluding carboxylic acids is 1. The van der Waals surface area contributed by atoms with Crippen molar-refractivity contribution < 1.29 is 4.79 Å². The van der Waals surface area contributed by atoms with Crippen LogP contribution in [0.5, 0.6) is 0 Å². The number of piperazine rings is 1. The highest BCUT2D eigenvalue weighted by Gasteiger charge is 2.24. The lowest BCUT2D eigenvalue weighted by atomic mass is 10.1. The zero-order chi connectivity index (χ0) is 19.5. The molecule has 2 aromatic rings. The van der Waals surface area contributed by atoms with Gasteiger partial charge in [0, 0.05) is 56.6 Å². The van der Waals surface area contributed by atoms with Crippen LogP contribution < -0.4 is 9.80 Å². The smallest absolute Gasteiger partial charge is 0.253 e. The maximum atomic E-state index is 12.8. The summed E-state index contributed by atoms with van der Waals surface area (Å²) in [7, 11) is 0. The highest BCUT2D eigenvalue weighted by molar-refractivity contribution is 5.94. The Morgan fingerprint density at radius 2 is 1.61 bits per heavy atom. The molecule has 0 saturated carbocycles. The molecule has 2 aliphatic heterocycles. The largest absolute Gasteiger partial charge is 0.353 e. The predicted octanol–water partition coefficient (Wildman–Crippen LogP) is 3.05. The number of carbonyl (C=O) groups is 1. The van der Waals surface area contributed by atoms with Gasteiger partial charge in [-0.15, -0.1) is 0 Å². The van der Waals surface area contributed by atoms with Gasteiger partial charge in [-0.1, -0.05) is 17.7 Å². The molecule has 4 rings (SSSR count). The van der Waals surface area contributed by atoms with Crippen molar-refractivity contribution in [1.29, 1.82) is 0 Å². The summed E-state index contributed by atoms with van der Waals surface area (Å²) < 4.78 is 0. The highest BCUT2D eigenvalue weighted by atomic mass is 16.2. The van der Waals surface area contributed by atoms with E-state index in [1.165, 1.54) is 19.3 Å². The molecule has 2 fully saturated rings. The molecule has 2 aliphatic rings. The summed E-state index contributed by atoms with van der Waals surface area (Å²) in [6, 6.07) is 9.90. The Morgan fingerprint density at radius 1 is 0.857 bits per heavy atom. The number of rotatable bonds is 3. The van der Waals surface area contributed by atoms with Gasteiger partial charge in [0.1, 0.15) is 5.82 Å². The fourth-order valence-corrected chi connectivity index (χ4v) is 4.03. The second kappa shape index (κ2) is 8.17. The average molecular weight is 380 g/mol. The van der Waals surface area contributed by atoms with Gasteiger partial charge in [0.2, 0.25) is 5.95 Å². The van der Waals surface area contributed by atoms with E-state index < -0.39 is 0 Å². The van der Waals surface area contributed by atoms with E-state index >= 15 is 0 Å². The van der Waals surface area contributed by atoms with E-state index in [0.29, 0.717) is 0 Å². The first-order valence-corrected chi connectivity index (χ1v) is 10.3.